The smallest absolute Gasteiger partial charge is 0.118 e. The van der Waals surface area contributed by atoms with E-state index in [0.29, 0.717) is 0 Å². The molecule has 0 amide bonds. The fourth-order valence-electron chi connectivity index (χ4n) is 1.51. The van der Waals surface area contributed by atoms with Gasteiger partial charge in [-0.15, -0.1) is 0 Å². The molecular formula is C12H19NO2. The van der Waals surface area contributed by atoms with Crippen molar-refractivity contribution in [2.24, 2.45) is 0 Å². The Balaban J connectivity index is 2.65. The molecular weight excluding hydrogens is 190 g/mol. The largest absolute Gasteiger partial charge is 0.497 e. The number of hydrogen-bond acceptors (Lipinski definition) is 3. The topological polar surface area (TPSA) is 30.5 Å². The third-order valence-corrected chi connectivity index (χ3v) is 2.43. The van der Waals surface area contributed by atoms with Crippen molar-refractivity contribution in [3.8, 4) is 5.75 Å². The van der Waals surface area contributed by atoms with Gasteiger partial charge in [0.25, 0.3) is 0 Å². The van der Waals surface area contributed by atoms with Crippen LogP contribution in [0, 0.1) is 0 Å². The summed E-state index contributed by atoms with van der Waals surface area (Å²) in [6.07, 6.45) is 1.13. The highest BCUT2D eigenvalue weighted by Crippen LogP contribution is 2.22. The molecule has 15 heavy (non-hydrogen) atoms. The molecule has 0 aliphatic rings. The van der Waals surface area contributed by atoms with Crippen molar-refractivity contribution in [2.75, 3.05) is 27.8 Å². The maximum absolute atomic E-state index is 5.43. The predicted molar refractivity (Wildman–Crippen MR) is 61.3 cm³/mol. The predicted octanol–water partition coefficient (Wildman–Crippen LogP) is 1.99. The molecule has 0 saturated carbocycles. The lowest BCUT2D eigenvalue weighted by atomic mass is 10.1. The van der Waals surface area contributed by atoms with E-state index >= 15 is 0 Å². The van der Waals surface area contributed by atoms with Crippen LogP contribution in [-0.2, 0) is 4.74 Å². The molecule has 0 spiro atoms. The van der Waals surface area contributed by atoms with Gasteiger partial charge in [0, 0.05) is 7.11 Å². The van der Waals surface area contributed by atoms with E-state index in [1.54, 1.807) is 14.2 Å². The summed E-state index contributed by atoms with van der Waals surface area (Å²) in [5, 5.41) is 3.12. The van der Waals surface area contributed by atoms with Gasteiger partial charge in [-0.25, -0.2) is 0 Å². The Morgan fingerprint density at radius 2 is 1.87 bits per heavy atom. The molecule has 0 aliphatic heterocycles. The number of nitrogens with one attached hydrogen (secondary N) is 1. The SMILES string of the molecule is CNCCC(OC)c1ccc(OC)cc1. The zero-order valence-electron chi connectivity index (χ0n) is 9.62. The van der Waals surface area contributed by atoms with Crippen molar-refractivity contribution in [3.05, 3.63) is 29.8 Å². The second-order valence-electron chi connectivity index (χ2n) is 3.39. The minimum absolute atomic E-state index is 0.156. The molecule has 1 N–H and O–H groups in total. The minimum atomic E-state index is 0.156. The molecule has 1 atom stereocenters. The zero-order chi connectivity index (χ0) is 11.1. The lowest BCUT2D eigenvalue weighted by Crippen LogP contribution is -2.13. The Morgan fingerprint density at radius 1 is 1.20 bits per heavy atom. The van der Waals surface area contributed by atoms with E-state index in [2.05, 4.69) is 5.32 Å². The van der Waals surface area contributed by atoms with Crippen molar-refractivity contribution in [1.29, 1.82) is 0 Å². The van der Waals surface area contributed by atoms with Crippen LogP contribution in [0.3, 0.4) is 0 Å². The molecule has 0 aliphatic carbocycles. The number of ether oxygens (including phenoxy) is 2. The molecule has 0 saturated heterocycles. The summed E-state index contributed by atoms with van der Waals surface area (Å²) in [6, 6.07) is 8.01. The Hall–Kier alpha value is -1.06. The normalized spacial score (nSPS) is 12.5. The summed E-state index contributed by atoms with van der Waals surface area (Å²) in [5.74, 6) is 0.877. The van der Waals surface area contributed by atoms with Gasteiger partial charge in [0.15, 0.2) is 0 Å². The van der Waals surface area contributed by atoms with Crippen LogP contribution >= 0.6 is 0 Å². The molecule has 3 heteroatoms. The summed E-state index contributed by atoms with van der Waals surface area (Å²) in [5.41, 5.74) is 1.19. The average Bonchev–Trinajstić information content (AvgIpc) is 2.31. The van der Waals surface area contributed by atoms with Crippen molar-refractivity contribution in [1.82, 2.24) is 5.32 Å². The van der Waals surface area contributed by atoms with Crippen molar-refractivity contribution in [3.63, 3.8) is 0 Å². The molecule has 3 nitrogen and oxygen atoms in total. The molecule has 0 radical (unpaired) electrons. The van der Waals surface area contributed by atoms with Gasteiger partial charge in [-0.3, -0.25) is 0 Å². The van der Waals surface area contributed by atoms with Crippen LogP contribution in [0.25, 0.3) is 0 Å². The highest BCUT2D eigenvalue weighted by atomic mass is 16.5. The van der Waals surface area contributed by atoms with Crippen LogP contribution in [0.4, 0.5) is 0 Å². The molecule has 0 aromatic heterocycles. The first-order chi connectivity index (χ1) is 7.31. The van der Waals surface area contributed by atoms with E-state index in [-0.39, 0.29) is 6.10 Å². The number of methoxy groups -OCH3 is 2. The van der Waals surface area contributed by atoms with Gasteiger partial charge >= 0.3 is 0 Å². The second-order valence-corrected chi connectivity index (χ2v) is 3.39. The van der Waals surface area contributed by atoms with E-state index in [1.807, 2.05) is 31.3 Å². The van der Waals surface area contributed by atoms with E-state index in [1.165, 1.54) is 5.56 Å². The molecule has 1 aromatic rings. The highest BCUT2D eigenvalue weighted by molar-refractivity contribution is 5.28. The first-order valence-corrected chi connectivity index (χ1v) is 5.13. The lowest BCUT2D eigenvalue weighted by Gasteiger charge is -2.15. The third kappa shape index (κ3) is 3.53. The maximum Gasteiger partial charge on any atom is 0.118 e. The molecule has 0 fully saturated rings. The lowest BCUT2D eigenvalue weighted by molar-refractivity contribution is 0.0961. The van der Waals surface area contributed by atoms with E-state index in [4.69, 9.17) is 9.47 Å². The van der Waals surface area contributed by atoms with Crippen molar-refractivity contribution in [2.45, 2.75) is 12.5 Å². The van der Waals surface area contributed by atoms with Crippen LogP contribution in [0.1, 0.15) is 18.1 Å². The van der Waals surface area contributed by atoms with Gasteiger partial charge in [-0.2, -0.15) is 0 Å². The zero-order valence-corrected chi connectivity index (χ0v) is 9.62. The van der Waals surface area contributed by atoms with Crippen LogP contribution in [0.15, 0.2) is 24.3 Å². The summed E-state index contributed by atoms with van der Waals surface area (Å²) in [4.78, 5) is 0. The fourth-order valence-corrected chi connectivity index (χ4v) is 1.51. The fraction of sp³-hybridized carbons (Fsp3) is 0.500. The quantitative estimate of drug-likeness (QED) is 0.777. The number of benzene rings is 1. The Kier molecular flexibility index (Phi) is 5.15. The average molecular weight is 209 g/mol. The van der Waals surface area contributed by atoms with Crippen LogP contribution in [0.5, 0.6) is 5.75 Å². The van der Waals surface area contributed by atoms with Crippen LogP contribution < -0.4 is 10.1 Å². The van der Waals surface area contributed by atoms with Gasteiger partial charge in [-0.05, 0) is 37.7 Å². The van der Waals surface area contributed by atoms with Gasteiger partial charge in [0.05, 0.1) is 13.2 Å². The van der Waals surface area contributed by atoms with E-state index in [9.17, 15) is 0 Å². The molecule has 1 aromatic carbocycles. The van der Waals surface area contributed by atoms with Gasteiger partial charge < -0.3 is 14.8 Å². The first-order valence-electron chi connectivity index (χ1n) is 5.13. The molecule has 0 heterocycles. The summed E-state index contributed by atoms with van der Waals surface area (Å²) < 4.78 is 10.5. The standard InChI is InChI=1S/C12H19NO2/c1-13-9-8-12(15-3)10-4-6-11(14-2)7-5-10/h4-7,12-13H,8-9H2,1-3H3. The third-order valence-electron chi connectivity index (χ3n) is 2.43. The van der Waals surface area contributed by atoms with Crippen molar-refractivity contribution < 1.29 is 9.47 Å². The van der Waals surface area contributed by atoms with Gasteiger partial charge in [0.2, 0.25) is 0 Å². The second kappa shape index (κ2) is 6.43. The van der Waals surface area contributed by atoms with Crippen LogP contribution in [-0.4, -0.2) is 27.8 Å². The minimum Gasteiger partial charge on any atom is -0.497 e. The summed E-state index contributed by atoms with van der Waals surface area (Å²) in [7, 11) is 5.36. The van der Waals surface area contributed by atoms with E-state index < -0.39 is 0 Å². The summed E-state index contributed by atoms with van der Waals surface area (Å²) in [6.45, 7) is 0.949. The van der Waals surface area contributed by atoms with Gasteiger partial charge in [0.1, 0.15) is 5.75 Å². The Labute approximate surface area is 91.4 Å². The molecule has 1 rings (SSSR count). The number of hydrogen-bond donors (Lipinski definition) is 1. The number of rotatable bonds is 6. The highest BCUT2D eigenvalue weighted by Gasteiger charge is 2.09. The summed E-state index contributed by atoms with van der Waals surface area (Å²) >= 11 is 0. The molecule has 0 bridgehead atoms. The maximum atomic E-state index is 5.43. The van der Waals surface area contributed by atoms with Crippen LogP contribution in [0.2, 0.25) is 0 Å². The molecule has 1 unspecified atom stereocenters. The van der Waals surface area contributed by atoms with Crippen molar-refractivity contribution >= 4 is 0 Å². The van der Waals surface area contributed by atoms with E-state index in [0.717, 1.165) is 18.7 Å². The Bertz CT molecular complexity index is 271. The molecule has 84 valence electrons. The Morgan fingerprint density at radius 3 is 2.33 bits per heavy atom. The monoisotopic (exact) mass is 209 g/mol. The van der Waals surface area contributed by atoms with Gasteiger partial charge in [-0.1, -0.05) is 12.1 Å². The first kappa shape index (κ1) is 12.0.